The van der Waals surface area contributed by atoms with Crippen molar-refractivity contribution in [2.45, 2.75) is 50.0 Å². The van der Waals surface area contributed by atoms with Crippen LogP contribution in [-0.4, -0.2) is 56.2 Å². The van der Waals surface area contributed by atoms with Gasteiger partial charge in [0, 0.05) is 6.42 Å². The predicted molar refractivity (Wildman–Crippen MR) is 127 cm³/mol. The third-order valence-electron chi connectivity index (χ3n) is 6.02. The minimum absolute atomic E-state index is 0.0326. The van der Waals surface area contributed by atoms with Gasteiger partial charge in [0.15, 0.2) is 0 Å². The average Bonchev–Trinajstić information content (AvgIpc) is 3.09. The molecule has 1 atom stereocenters. The summed E-state index contributed by atoms with van der Waals surface area (Å²) in [4.78, 5) is 50.5. The molecule has 1 N–H and O–H groups in total. The van der Waals surface area contributed by atoms with Crippen LogP contribution in [0.5, 0.6) is 5.75 Å². The SMILES string of the molecule is Cc1ccc(S(=O)(=O)OCCCCCOc2cccc3c2C(=O)N(C2CCC(=O)NC2=O)C3=O)cc1. The zero-order chi connectivity index (χ0) is 25.9. The van der Waals surface area contributed by atoms with E-state index < -0.39 is 39.8 Å². The van der Waals surface area contributed by atoms with Gasteiger partial charge < -0.3 is 4.74 Å². The van der Waals surface area contributed by atoms with Crippen molar-refractivity contribution in [3.05, 3.63) is 59.2 Å². The number of hydrogen-bond acceptors (Lipinski definition) is 8. The van der Waals surface area contributed by atoms with E-state index in [1.54, 1.807) is 24.3 Å². The lowest BCUT2D eigenvalue weighted by Crippen LogP contribution is -2.54. The highest BCUT2D eigenvalue weighted by Gasteiger charge is 2.45. The lowest BCUT2D eigenvalue weighted by molar-refractivity contribution is -0.136. The van der Waals surface area contributed by atoms with Gasteiger partial charge in [-0.15, -0.1) is 0 Å². The number of benzene rings is 2. The van der Waals surface area contributed by atoms with Crippen LogP contribution in [0.1, 0.15) is 58.4 Å². The molecule has 0 spiro atoms. The number of amides is 4. The van der Waals surface area contributed by atoms with Gasteiger partial charge >= 0.3 is 0 Å². The summed E-state index contributed by atoms with van der Waals surface area (Å²) in [6.07, 6.45) is 1.80. The van der Waals surface area contributed by atoms with Gasteiger partial charge in [-0.3, -0.25) is 33.6 Å². The molecule has 1 saturated heterocycles. The first-order valence-electron chi connectivity index (χ1n) is 11.6. The minimum Gasteiger partial charge on any atom is -0.493 e. The zero-order valence-electron chi connectivity index (χ0n) is 19.7. The molecule has 0 radical (unpaired) electrons. The number of hydrogen-bond donors (Lipinski definition) is 1. The third-order valence-corrected chi connectivity index (χ3v) is 7.35. The molecule has 2 aliphatic rings. The largest absolute Gasteiger partial charge is 0.493 e. The Morgan fingerprint density at radius 3 is 2.39 bits per heavy atom. The maximum atomic E-state index is 13.0. The fourth-order valence-corrected chi connectivity index (χ4v) is 5.05. The molecular weight excluding hydrogens is 488 g/mol. The van der Waals surface area contributed by atoms with E-state index in [1.807, 2.05) is 6.92 Å². The molecule has 2 aromatic carbocycles. The maximum absolute atomic E-state index is 13.0. The second-order valence-corrected chi connectivity index (χ2v) is 10.2. The number of rotatable bonds is 10. The highest BCUT2D eigenvalue weighted by Crippen LogP contribution is 2.33. The first-order chi connectivity index (χ1) is 17.2. The van der Waals surface area contributed by atoms with Crippen molar-refractivity contribution in [3.8, 4) is 5.75 Å². The van der Waals surface area contributed by atoms with Crippen molar-refractivity contribution in [2.75, 3.05) is 13.2 Å². The van der Waals surface area contributed by atoms with E-state index in [2.05, 4.69) is 5.32 Å². The number of ether oxygens (including phenoxy) is 1. The van der Waals surface area contributed by atoms with Crippen molar-refractivity contribution in [1.29, 1.82) is 0 Å². The highest BCUT2D eigenvalue weighted by molar-refractivity contribution is 7.86. The van der Waals surface area contributed by atoms with Crippen LogP contribution < -0.4 is 10.1 Å². The first-order valence-corrected chi connectivity index (χ1v) is 13.0. The van der Waals surface area contributed by atoms with Gasteiger partial charge in [0.05, 0.1) is 29.2 Å². The second-order valence-electron chi connectivity index (χ2n) is 8.62. The summed E-state index contributed by atoms with van der Waals surface area (Å²) >= 11 is 0. The van der Waals surface area contributed by atoms with E-state index in [-0.39, 0.29) is 47.8 Å². The summed E-state index contributed by atoms with van der Waals surface area (Å²) in [6, 6.07) is 10.0. The minimum atomic E-state index is -3.81. The third kappa shape index (κ3) is 5.31. The summed E-state index contributed by atoms with van der Waals surface area (Å²) in [5.74, 6) is -2.10. The Kier molecular flexibility index (Phi) is 7.51. The van der Waals surface area contributed by atoms with Crippen LogP contribution in [0.15, 0.2) is 47.4 Å². The van der Waals surface area contributed by atoms with Gasteiger partial charge in [-0.1, -0.05) is 23.8 Å². The van der Waals surface area contributed by atoms with Gasteiger partial charge in [0.2, 0.25) is 11.8 Å². The average molecular weight is 515 g/mol. The van der Waals surface area contributed by atoms with Crippen LogP contribution in [0.3, 0.4) is 0 Å². The van der Waals surface area contributed by atoms with Gasteiger partial charge in [0.25, 0.3) is 21.9 Å². The van der Waals surface area contributed by atoms with Gasteiger partial charge in [0.1, 0.15) is 11.8 Å². The molecule has 1 fully saturated rings. The van der Waals surface area contributed by atoms with Crippen molar-refractivity contribution >= 4 is 33.7 Å². The number of aryl methyl sites for hydroxylation is 1. The number of carbonyl (C=O) groups is 4. The normalized spacial score (nSPS) is 17.8. The second kappa shape index (κ2) is 10.6. The van der Waals surface area contributed by atoms with E-state index in [0.29, 0.717) is 19.3 Å². The molecule has 0 aliphatic carbocycles. The van der Waals surface area contributed by atoms with E-state index in [0.717, 1.165) is 10.5 Å². The van der Waals surface area contributed by atoms with E-state index in [4.69, 9.17) is 8.92 Å². The predicted octanol–water partition coefficient (Wildman–Crippen LogP) is 2.35. The summed E-state index contributed by atoms with van der Waals surface area (Å²) in [7, 11) is -3.81. The fourth-order valence-electron chi connectivity index (χ4n) is 4.11. The quantitative estimate of drug-likeness (QED) is 0.290. The van der Waals surface area contributed by atoms with Gasteiger partial charge in [-0.25, -0.2) is 0 Å². The van der Waals surface area contributed by atoms with Gasteiger partial charge in [-0.2, -0.15) is 8.42 Å². The Hall–Kier alpha value is -3.57. The number of piperidine rings is 1. The van der Waals surface area contributed by atoms with Crippen LogP contribution in [0.2, 0.25) is 0 Å². The lowest BCUT2D eigenvalue weighted by atomic mass is 10.0. The van der Waals surface area contributed by atoms with E-state index in [9.17, 15) is 27.6 Å². The van der Waals surface area contributed by atoms with Crippen molar-refractivity contribution in [2.24, 2.45) is 0 Å². The molecule has 1 unspecified atom stereocenters. The zero-order valence-corrected chi connectivity index (χ0v) is 20.5. The maximum Gasteiger partial charge on any atom is 0.296 e. The smallest absolute Gasteiger partial charge is 0.296 e. The number of fused-ring (bicyclic) bond motifs is 1. The van der Waals surface area contributed by atoms with Gasteiger partial charge in [-0.05, 0) is 56.9 Å². The summed E-state index contributed by atoms with van der Waals surface area (Å²) < 4.78 is 35.3. The standard InChI is InChI=1S/C25H26N2O8S/c1-16-8-10-17(11-9-16)36(32,33)35-15-4-2-3-14-34-20-7-5-6-18-22(20)25(31)27(24(18)30)19-12-13-21(28)26-23(19)29/h5-11,19H,2-4,12-15H2,1H3,(H,26,28,29). The van der Waals surface area contributed by atoms with Crippen LogP contribution in [0.25, 0.3) is 0 Å². The molecule has 190 valence electrons. The molecule has 2 heterocycles. The number of carbonyl (C=O) groups excluding carboxylic acids is 4. The molecule has 0 aromatic heterocycles. The van der Waals surface area contributed by atoms with Crippen LogP contribution in [-0.2, 0) is 23.9 Å². The Labute approximate surface area is 208 Å². The van der Waals surface area contributed by atoms with Crippen LogP contribution in [0, 0.1) is 6.92 Å². The lowest BCUT2D eigenvalue weighted by Gasteiger charge is -2.27. The molecule has 11 heteroatoms. The monoisotopic (exact) mass is 514 g/mol. The molecule has 4 rings (SSSR count). The Bertz CT molecular complexity index is 1300. The summed E-state index contributed by atoms with van der Waals surface area (Å²) in [6.45, 7) is 2.14. The topological polar surface area (TPSA) is 136 Å². The molecule has 36 heavy (non-hydrogen) atoms. The van der Waals surface area contributed by atoms with Crippen LogP contribution >= 0.6 is 0 Å². The molecular formula is C25H26N2O8S. The number of nitrogens with zero attached hydrogens (tertiary/aromatic N) is 1. The Morgan fingerprint density at radius 1 is 0.944 bits per heavy atom. The Morgan fingerprint density at radius 2 is 1.67 bits per heavy atom. The fraction of sp³-hybridized carbons (Fsp3) is 0.360. The summed E-state index contributed by atoms with van der Waals surface area (Å²) in [5.41, 5.74) is 1.20. The number of unbranched alkanes of at least 4 members (excludes halogenated alkanes) is 2. The highest BCUT2D eigenvalue weighted by atomic mass is 32.2. The number of nitrogens with one attached hydrogen (secondary N) is 1. The van der Waals surface area contributed by atoms with Crippen LogP contribution in [0.4, 0.5) is 0 Å². The van der Waals surface area contributed by atoms with E-state index >= 15 is 0 Å². The van der Waals surface area contributed by atoms with Crippen molar-refractivity contribution in [1.82, 2.24) is 10.2 Å². The molecule has 0 bridgehead atoms. The Balaban J connectivity index is 1.28. The summed E-state index contributed by atoms with van der Waals surface area (Å²) in [5, 5.41) is 2.16. The molecule has 0 saturated carbocycles. The van der Waals surface area contributed by atoms with Crippen molar-refractivity contribution < 1.29 is 36.5 Å². The molecule has 2 aliphatic heterocycles. The first kappa shape index (κ1) is 25.5. The molecule has 2 aromatic rings. The molecule has 4 amide bonds. The number of imide groups is 2. The molecule has 10 nitrogen and oxygen atoms in total. The van der Waals surface area contributed by atoms with Crippen molar-refractivity contribution in [3.63, 3.8) is 0 Å². The van der Waals surface area contributed by atoms with E-state index in [1.165, 1.54) is 18.2 Å².